The van der Waals surface area contributed by atoms with Gasteiger partial charge in [-0.3, -0.25) is 4.79 Å². The minimum atomic E-state index is -0.169. The highest BCUT2D eigenvalue weighted by Crippen LogP contribution is 2.21. The lowest BCUT2D eigenvalue weighted by atomic mass is 10.1. The van der Waals surface area contributed by atoms with Crippen LogP contribution in [0.4, 0.5) is 17.2 Å². The van der Waals surface area contributed by atoms with E-state index in [1.54, 1.807) is 12.2 Å². The predicted octanol–water partition coefficient (Wildman–Crippen LogP) is 4.96. The SMILES string of the molecule is C/C=C/C=C/C(=O)Nc1ccc(Nc2cc(-c3ccccc3)ncn2)cc1. The number of benzene rings is 2. The lowest BCUT2D eigenvalue weighted by Gasteiger charge is -2.08. The van der Waals surface area contributed by atoms with Gasteiger partial charge < -0.3 is 10.6 Å². The Morgan fingerprint density at radius 2 is 1.67 bits per heavy atom. The number of amides is 1. The van der Waals surface area contributed by atoms with E-state index in [-0.39, 0.29) is 5.91 Å². The summed E-state index contributed by atoms with van der Waals surface area (Å²) in [5.41, 5.74) is 3.48. The largest absolute Gasteiger partial charge is 0.340 e. The molecule has 5 heteroatoms. The Labute approximate surface area is 158 Å². The van der Waals surface area contributed by atoms with E-state index in [0.29, 0.717) is 5.82 Å². The molecule has 1 aromatic heterocycles. The summed E-state index contributed by atoms with van der Waals surface area (Å²) in [6.07, 6.45) is 8.39. The maximum atomic E-state index is 11.8. The van der Waals surface area contributed by atoms with Crippen LogP contribution in [-0.2, 0) is 4.79 Å². The lowest BCUT2D eigenvalue weighted by molar-refractivity contribution is -0.111. The zero-order valence-electron chi connectivity index (χ0n) is 15.0. The van der Waals surface area contributed by atoms with Gasteiger partial charge in [0.2, 0.25) is 5.91 Å². The van der Waals surface area contributed by atoms with Crippen molar-refractivity contribution in [2.45, 2.75) is 6.92 Å². The van der Waals surface area contributed by atoms with Crippen LogP contribution in [0.2, 0.25) is 0 Å². The summed E-state index contributed by atoms with van der Waals surface area (Å²) in [5.74, 6) is 0.534. The highest BCUT2D eigenvalue weighted by molar-refractivity contribution is 5.99. The van der Waals surface area contributed by atoms with Gasteiger partial charge in [-0.25, -0.2) is 9.97 Å². The van der Waals surface area contributed by atoms with Gasteiger partial charge in [0.25, 0.3) is 0 Å². The van der Waals surface area contributed by atoms with Gasteiger partial charge in [-0.2, -0.15) is 0 Å². The molecule has 0 radical (unpaired) electrons. The number of carbonyl (C=O) groups excluding carboxylic acids is 1. The molecule has 0 aliphatic carbocycles. The molecule has 27 heavy (non-hydrogen) atoms. The molecular weight excluding hydrogens is 336 g/mol. The van der Waals surface area contributed by atoms with Crippen molar-refractivity contribution in [1.82, 2.24) is 9.97 Å². The van der Waals surface area contributed by atoms with Crippen molar-refractivity contribution in [3.63, 3.8) is 0 Å². The van der Waals surface area contributed by atoms with Crippen molar-refractivity contribution in [3.05, 3.63) is 91.3 Å². The summed E-state index contributed by atoms with van der Waals surface area (Å²) in [6.45, 7) is 1.90. The average molecular weight is 356 g/mol. The predicted molar refractivity (Wildman–Crippen MR) is 110 cm³/mol. The van der Waals surface area contributed by atoms with E-state index in [2.05, 4.69) is 20.6 Å². The van der Waals surface area contributed by atoms with Crippen LogP contribution in [0.25, 0.3) is 11.3 Å². The van der Waals surface area contributed by atoms with E-state index in [9.17, 15) is 4.79 Å². The first-order valence-electron chi connectivity index (χ1n) is 8.59. The molecule has 5 nitrogen and oxygen atoms in total. The summed E-state index contributed by atoms with van der Waals surface area (Å²) in [5, 5.41) is 6.06. The van der Waals surface area contributed by atoms with Crippen LogP contribution in [0, 0.1) is 0 Å². The van der Waals surface area contributed by atoms with Gasteiger partial charge in [-0.1, -0.05) is 48.6 Å². The molecule has 1 amide bonds. The number of allylic oxidation sites excluding steroid dienone is 3. The van der Waals surface area contributed by atoms with Crippen LogP contribution >= 0.6 is 0 Å². The first-order valence-corrected chi connectivity index (χ1v) is 8.59. The number of hydrogen-bond donors (Lipinski definition) is 2. The molecule has 0 aliphatic rings. The molecule has 3 rings (SSSR count). The minimum Gasteiger partial charge on any atom is -0.340 e. The van der Waals surface area contributed by atoms with Gasteiger partial charge in [0.15, 0.2) is 0 Å². The molecule has 0 unspecified atom stereocenters. The van der Waals surface area contributed by atoms with Crippen LogP contribution in [0.3, 0.4) is 0 Å². The fourth-order valence-corrected chi connectivity index (χ4v) is 2.42. The van der Waals surface area contributed by atoms with Gasteiger partial charge in [0.1, 0.15) is 12.1 Å². The van der Waals surface area contributed by atoms with Gasteiger partial charge >= 0.3 is 0 Å². The van der Waals surface area contributed by atoms with Crippen molar-refractivity contribution in [1.29, 1.82) is 0 Å². The second-order valence-electron chi connectivity index (χ2n) is 5.73. The molecule has 0 bridgehead atoms. The normalized spacial score (nSPS) is 11.0. The Bertz CT molecular complexity index is 948. The highest BCUT2D eigenvalue weighted by Gasteiger charge is 2.03. The quantitative estimate of drug-likeness (QED) is 0.484. The lowest BCUT2D eigenvalue weighted by Crippen LogP contribution is -2.07. The maximum absolute atomic E-state index is 11.8. The third kappa shape index (κ3) is 5.37. The Hall–Kier alpha value is -3.73. The van der Waals surface area contributed by atoms with Crippen LogP contribution in [0.1, 0.15) is 6.92 Å². The summed E-state index contributed by atoms with van der Waals surface area (Å²) >= 11 is 0. The molecule has 0 fully saturated rings. The Balaban J connectivity index is 1.66. The second kappa shape index (κ2) is 9.10. The zero-order valence-corrected chi connectivity index (χ0v) is 15.0. The molecule has 0 saturated heterocycles. The standard InChI is InChI=1S/C22H20N4O/c1-2-3-5-10-22(27)26-19-13-11-18(12-14-19)25-21-15-20(23-16-24-21)17-8-6-4-7-9-17/h2-16H,1H3,(H,26,27)(H,23,24,25)/b3-2+,10-5+. The Morgan fingerprint density at radius 1 is 0.926 bits per heavy atom. The summed E-state index contributed by atoms with van der Waals surface area (Å²) in [4.78, 5) is 20.4. The molecule has 2 aromatic carbocycles. The van der Waals surface area contributed by atoms with Gasteiger partial charge in [-0.15, -0.1) is 0 Å². The van der Waals surface area contributed by atoms with Gasteiger partial charge in [0, 0.05) is 29.1 Å². The number of hydrogen-bond acceptors (Lipinski definition) is 4. The zero-order chi connectivity index (χ0) is 18.9. The molecular formula is C22H20N4O. The molecule has 0 aliphatic heterocycles. The third-order valence-corrected chi connectivity index (χ3v) is 3.71. The van der Waals surface area contributed by atoms with Crippen LogP contribution in [0.5, 0.6) is 0 Å². The number of nitrogens with one attached hydrogen (secondary N) is 2. The van der Waals surface area contributed by atoms with Gasteiger partial charge in [-0.05, 0) is 31.2 Å². The second-order valence-corrected chi connectivity index (χ2v) is 5.73. The topological polar surface area (TPSA) is 66.9 Å². The fraction of sp³-hybridized carbons (Fsp3) is 0.0455. The van der Waals surface area contributed by atoms with E-state index in [1.807, 2.05) is 73.7 Å². The third-order valence-electron chi connectivity index (χ3n) is 3.71. The molecule has 2 N–H and O–H groups in total. The van der Waals surface area contributed by atoms with E-state index in [1.165, 1.54) is 12.4 Å². The van der Waals surface area contributed by atoms with Crippen molar-refractivity contribution in [3.8, 4) is 11.3 Å². The molecule has 0 saturated carbocycles. The average Bonchev–Trinajstić information content (AvgIpc) is 2.71. The monoisotopic (exact) mass is 356 g/mol. The van der Waals surface area contributed by atoms with Crippen LogP contribution in [-0.4, -0.2) is 15.9 Å². The minimum absolute atomic E-state index is 0.169. The maximum Gasteiger partial charge on any atom is 0.248 e. The van der Waals surface area contributed by atoms with Crippen LogP contribution in [0.15, 0.2) is 91.3 Å². The number of rotatable bonds is 6. The number of carbonyl (C=O) groups is 1. The Morgan fingerprint density at radius 3 is 2.41 bits per heavy atom. The number of nitrogens with zero attached hydrogens (tertiary/aromatic N) is 2. The molecule has 3 aromatic rings. The Kier molecular flexibility index (Phi) is 6.09. The van der Waals surface area contributed by atoms with E-state index < -0.39 is 0 Å². The summed E-state index contributed by atoms with van der Waals surface area (Å²) < 4.78 is 0. The fourth-order valence-electron chi connectivity index (χ4n) is 2.42. The molecule has 0 spiro atoms. The van der Waals surface area contributed by atoms with Gasteiger partial charge in [0.05, 0.1) is 5.69 Å². The summed E-state index contributed by atoms with van der Waals surface area (Å²) in [6, 6.07) is 19.3. The van der Waals surface area contributed by atoms with E-state index in [0.717, 1.165) is 22.6 Å². The van der Waals surface area contributed by atoms with E-state index in [4.69, 9.17) is 0 Å². The molecule has 0 atom stereocenters. The summed E-state index contributed by atoms with van der Waals surface area (Å²) in [7, 11) is 0. The van der Waals surface area contributed by atoms with Crippen molar-refractivity contribution in [2.24, 2.45) is 0 Å². The smallest absolute Gasteiger partial charge is 0.248 e. The molecule has 1 heterocycles. The molecule has 134 valence electrons. The number of anilines is 3. The first-order chi connectivity index (χ1) is 13.2. The number of aromatic nitrogens is 2. The highest BCUT2D eigenvalue weighted by atomic mass is 16.1. The van der Waals surface area contributed by atoms with Crippen molar-refractivity contribution >= 4 is 23.1 Å². The van der Waals surface area contributed by atoms with E-state index >= 15 is 0 Å². The van der Waals surface area contributed by atoms with Crippen LogP contribution < -0.4 is 10.6 Å². The van der Waals surface area contributed by atoms with Crippen molar-refractivity contribution < 1.29 is 4.79 Å². The van der Waals surface area contributed by atoms with Crippen molar-refractivity contribution in [2.75, 3.05) is 10.6 Å². The first kappa shape index (κ1) is 18.1.